The fourth-order valence-electron chi connectivity index (χ4n) is 4.18. The van der Waals surface area contributed by atoms with E-state index in [1.807, 2.05) is 61.9 Å². The van der Waals surface area contributed by atoms with Gasteiger partial charge in [-0.2, -0.15) is 5.10 Å². The highest BCUT2D eigenvalue weighted by Crippen LogP contribution is 2.38. The summed E-state index contributed by atoms with van der Waals surface area (Å²) >= 11 is 6.53. The Labute approximate surface area is 243 Å². The number of carboxylic acid groups (broad SMARTS) is 1. The van der Waals surface area contributed by atoms with Crippen LogP contribution in [0.3, 0.4) is 0 Å². The number of carbonyl (C=O) groups is 2. The first kappa shape index (κ1) is 29.4. The van der Waals surface area contributed by atoms with Gasteiger partial charge in [-0.05, 0) is 79.6 Å². The van der Waals surface area contributed by atoms with Crippen LogP contribution in [-0.4, -0.2) is 40.4 Å². The molecule has 0 aliphatic heterocycles. The number of carbonyl (C=O) groups excluding carboxylic acids is 1. The highest BCUT2D eigenvalue weighted by molar-refractivity contribution is 6.31. The molecule has 0 aliphatic carbocycles. The summed E-state index contributed by atoms with van der Waals surface area (Å²) in [6.45, 7) is 6.01. The molecule has 1 aromatic heterocycles. The molecule has 1 heterocycles. The van der Waals surface area contributed by atoms with Gasteiger partial charge in [0, 0.05) is 28.4 Å². The Morgan fingerprint density at radius 2 is 1.71 bits per heavy atom. The van der Waals surface area contributed by atoms with E-state index in [9.17, 15) is 9.59 Å². The Kier molecular flexibility index (Phi) is 9.47. The Morgan fingerprint density at radius 1 is 1.02 bits per heavy atom. The van der Waals surface area contributed by atoms with Gasteiger partial charge in [0.2, 0.25) is 0 Å². The molecule has 8 nitrogen and oxygen atoms in total. The SMILES string of the molecule is CC/C(=C\C(Cl)=C(C)C)n1ncc(Oc2ccc(C(=O)NCCC(=O)O)cc2)c1-c1ccc2cc(OC)ccc2c1. The molecule has 0 radical (unpaired) electrons. The molecule has 0 fully saturated rings. The summed E-state index contributed by atoms with van der Waals surface area (Å²) in [6.07, 6.45) is 4.12. The van der Waals surface area contributed by atoms with Crippen LogP contribution in [0.15, 0.2) is 83.5 Å². The molecule has 41 heavy (non-hydrogen) atoms. The molecular weight excluding hydrogens is 542 g/mol. The molecule has 0 bridgehead atoms. The smallest absolute Gasteiger partial charge is 0.305 e. The van der Waals surface area contributed by atoms with Crippen LogP contribution in [0.25, 0.3) is 27.7 Å². The van der Waals surface area contributed by atoms with Crippen molar-refractivity contribution in [3.8, 4) is 28.5 Å². The Bertz CT molecular complexity index is 1630. The van der Waals surface area contributed by atoms with Gasteiger partial charge in [0.25, 0.3) is 5.91 Å². The van der Waals surface area contributed by atoms with Crippen molar-refractivity contribution < 1.29 is 24.2 Å². The second-order valence-electron chi connectivity index (χ2n) is 9.56. The largest absolute Gasteiger partial charge is 0.497 e. The van der Waals surface area contributed by atoms with Crippen molar-refractivity contribution >= 4 is 39.9 Å². The van der Waals surface area contributed by atoms with Crippen LogP contribution < -0.4 is 14.8 Å². The van der Waals surface area contributed by atoms with E-state index in [0.29, 0.717) is 28.5 Å². The molecule has 4 rings (SSSR count). The molecule has 0 unspecified atom stereocenters. The minimum absolute atomic E-state index is 0.0531. The monoisotopic (exact) mass is 573 g/mol. The van der Waals surface area contributed by atoms with E-state index < -0.39 is 5.97 Å². The highest BCUT2D eigenvalue weighted by Gasteiger charge is 2.19. The minimum Gasteiger partial charge on any atom is -0.497 e. The number of aliphatic carboxylic acids is 1. The van der Waals surface area contributed by atoms with E-state index >= 15 is 0 Å². The van der Waals surface area contributed by atoms with Crippen LogP contribution in [0.4, 0.5) is 0 Å². The molecule has 0 spiro atoms. The van der Waals surface area contributed by atoms with Crippen molar-refractivity contribution in [1.29, 1.82) is 0 Å². The average molecular weight is 574 g/mol. The number of amides is 1. The summed E-state index contributed by atoms with van der Waals surface area (Å²) in [6, 6.07) is 18.7. The maximum absolute atomic E-state index is 12.3. The molecule has 0 aliphatic rings. The number of ether oxygens (including phenoxy) is 2. The van der Waals surface area contributed by atoms with E-state index in [1.165, 1.54) is 0 Å². The number of nitrogens with one attached hydrogen (secondary N) is 1. The lowest BCUT2D eigenvalue weighted by molar-refractivity contribution is -0.136. The van der Waals surface area contributed by atoms with Crippen molar-refractivity contribution in [1.82, 2.24) is 15.1 Å². The summed E-state index contributed by atoms with van der Waals surface area (Å²) < 4.78 is 13.5. The Hall–Kier alpha value is -4.56. The average Bonchev–Trinajstić information content (AvgIpc) is 3.38. The second kappa shape index (κ2) is 13.2. The number of rotatable bonds is 11. The number of aromatic nitrogens is 2. The van der Waals surface area contributed by atoms with E-state index in [2.05, 4.69) is 16.5 Å². The zero-order valence-corrected chi connectivity index (χ0v) is 24.2. The maximum Gasteiger partial charge on any atom is 0.305 e. The lowest BCUT2D eigenvalue weighted by Gasteiger charge is -2.14. The first-order valence-electron chi connectivity index (χ1n) is 13.2. The molecule has 0 saturated heterocycles. The summed E-state index contributed by atoms with van der Waals surface area (Å²) in [5.74, 6) is 0.506. The van der Waals surface area contributed by atoms with Gasteiger partial charge in [-0.1, -0.05) is 42.3 Å². The quantitative estimate of drug-likeness (QED) is 0.180. The van der Waals surface area contributed by atoms with Gasteiger partial charge in [0.1, 0.15) is 17.2 Å². The fraction of sp³-hybridized carbons (Fsp3) is 0.219. The summed E-state index contributed by atoms with van der Waals surface area (Å²) in [5.41, 5.74) is 3.94. The van der Waals surface area contributed by atoms with E-state index in [1.54, 1.807) is 37.6 Å². The van der Waals surface area contributed by atoms with Crippen LogP contribution >= 0.6 is 11.6 Å². The van der Waals surface area contributed by atoms with Crippen LogP contribution in [0.1, 0.15) is 44.0 Å². The van der Waals surface area contributed by atoms with Gasteiger partial charge in [0.15, 0.2) is 5.75 Å². The number of allylic oxidation sites excluding steroid dienone is 4. The summed E-state index contributed by atoms with van der Waals surface area (Å²) in [7, 11) is 1.65. The Balaban J connectivity index is 1.72. The molecule has 0 saturated carbocycles. The first-order chi connectivity index (χ1) is 19.7. The summed E-state index contributed by atoms with van der Waals surface area (Å²) in [5, 5.41) is 18.8. The van der Waals surface area contributed by atoms with Crippen molar-refractivity contribution in [3.05, 3.63) is 89.1 Å². The van der Waals surface area contributed by atoms with Gasteiger partial charge < -0.3 is 19.9 Å². The number of benzene rings is 3. The molecule has 212 valence electrons. The standard InChI is InChI=1S/C32H32ClN3O5/c1-5-25(18-28(33)20(2)3)36-31(24-7-6-23-17-27(40-4)13-10-22(23)16-24)29(19-35-36)41-26-11-8-21(9-12-26)32(39)34-15-14-30(37)38/h6-13,16-19H,5,14-15H2,1-4H3,(H,34,39)(H,37,38)/b25-18+. The number of hydrogen-bond donors (Lipinski definition) is 2. The minimum atomic E-state index is -0.972. The molecule has 2 N–H and O–H groups in total. The fourth-order valence-corrected chi connectivity index (χ4v) is 4.30. The summed E-state index contributed by atoms with van der Waals surface area (Å²) in [4.78, 5) is 23.1. The van der Waals surface area contributed by atoms with Crippen LogP contribution in [0, 0.1) is 0 Å². The molecule has 9 heteroatoms. The third-order valence-electron chi connectivity index (χ3n) is 6.43. The van der Waals surface area contributed by atoms with Crippen LogP contribution in [-0.2, 0) is 4.79 Å². The van der Waals surface area contributed by atoms with Crippen molar-refractivity contribution in [2.24, 2.45) is 0 Å². The van der Waals surface area contributed by atoms with Crippen molar-refractivity contribution in [2.45, 2.75) is 33.6 Å². The lowest BCUT2D eigenvalue weighted by atomic mass is 10.0. The first-order valence-corrected chi connectivity index (χ1v) is 13.6. The van der Waals surface area contributed by atoms with Gasteiger partial charge in [0.05, 0.1) is 19.7 Å². The molecule has 3 aromatic carbocycles. The number of carboxylic acids is 1. The van der Waals surface area contributed by atoms with E-state index in [4.69, 9.17) is 26.2 Å². The zero-order valence-electron chi connectivity index (χ0n) is 23.4. The second-order valence-corrected chi connectivity index (χ2v) is 9.97. The number of halogens is 1. The number of nitrogens with zero attached hydrogens (tertiary/aromatic N) is 2. The van der Waals surface area contributed by atoms with Gasteiger partial charge in [-0.25, -0.2) is 4.68 Å². The third kappa shape index (κ3) is 7.15. The van der Waals surface area contributed by atoms with Crippen LogP contribution in [0.2, 0.25) is 0 Å². The topological polar surface area (TPSA) is 103 Å². The normalized spacial score (nSPS) is 11.3. The maximum atomic E-state index is 12.3. The van der Waals surface area contributed by atoms with E-state index in [-0.39, 0.29) is 18.9 Å². The van der Waals surface area contributed by atoms with Gasteiger partial charge in [-0.3, -0.25) is 9.59 Å². The molecule has 1 amide bonds. The Morgan fingerprint density at radius 3 is 2.37 bits per heavy atom. The highest BCUT2D eigenvalue weighted by atomic mass is 35.5. The predicted molar refractivity (Wildman–Crippen MR) is 162 cm³/mol. The van der Waals surface area contributed by atoms with Crippen LogP contribution in [0.5, 0.6) is 17.2 Å². The molecule has 4 aromatic rings. The zero-order chi connectivity index (χ0) is 29.5. The van der Waals surface area contributed by atoms with E-state index in [0.717, 1.165) is 39.0 Å². The molecular formula is C32H32ClN3O5. The van der Waals surface area contributed by atoms with Gasteiger partial charge in [-0.15, -0.1) is 0 Å². The number of hydrogen-bond acceptors (Lipinski definition) is 5. The van der Waals surface area contributed by atoms with Crippen molar-refractivity contribution in [3.63, 3.8) is 0 Å². The number of methoxy groups -OCH3 is 1. The van der Waals surface area contributed by atoms with Gasteiger partial charge >= 0.3 is 5.97 Å². The predicted octanol–water partition coefficient (Wildman–Crippen LogP) is 7.49. The lowest BCUT2D eigenvalue weighted by Crippen LogP contribution is -2.25. The number of fused-ring (bicyclic) bond motifs is 1. The molecule has 0 atom stereocenters. The third-order valence-corrected chi connectivity index (χ3v) is 6.92. The van der Waals surface area contributed by atoms with Crippen molar-refractivity contribution in [2.75, 3.05) is 13.7 Å².